The van der Waals surface area contributed by atoms with Gasteiger partial charge in [-0.2, -0.15) is 0 Å². The quantitative estimate of drug-likeness (QED) is 0.503. The fraction of sp³-hybridized carbons (Fsp3) is 0.333. The molecule has 0 saturated carbocycles. The van der Waals surface area contributed by atoms with E-state index in [1.54, 1.807) is 0 Å². The predicted molar refractivity (Wildman–Crippen MR) is 54.8 cm³/mol. The van der Waals surface area contributed by atoms with Crippen LogP contribution in [0.3, 0.4) is 0 Å². The average molecular weight is 267 g/mol. The standard InChI is InChI=1S/2C3H6O3S.Mg/c2*1-3(2)7(4,5)6;/h2*1H2,2H3,(H,4,5,6);/q;;+2/p-2. The van der Waals surface area contributed by atoms with Gasteiger partial charge in [0.25, 0.3) is 0 Å². The van der Waals surface area contributed by atoms with Crippen molar-refractivity contribution in [2.45, 2.75) is 13.8 Å². The predicted octanol–water partition coefficient (Wildman–Crippen LogP) is -0.250. The van der Waals surface area contributed by atoms with E-state index >= 15 is 0 Å². The molecule has 0 aromatic carbocycles. The third-order valence-corrected chi connectivity index (χ3v) is 2.56. The molecule has 0 saturated heterocycles. The smallest absolute Gasteiger partial charge is 0.744 e. The molecule has 0 aliphatic heterocycles. The minimum absolute atomic E-state index is 0. The van der Waals surface area contributed by atoms with Gasteiger partial charge in [0.15, 0.2) is 0 Å². The molecule has 0 fully saturated rings. The summed E-state index contributed by atoms with van der Waals surface area (Å²) in [6.07, 6.45) is 0. The van der Waals surface area contributed by atoms with Crippen LogP contribution in [0.2, 0.25) is 0 Å². The Hall–Kier alpha value is 0.0662. The third-order valence-electron chi connectivity index (χ3n) is 0.854. The number of allylic oxidation sites excluding steroid dienone is 2. The molecule has 0 bridgehead atoms. The largest absolute Gasteiger partial charge is 2.00 e. The van der Waals surface area contributed by atoms with Crippen molar-refractivity contribution >= 4 is 43.3 Å². The Morgan fingerprint density at radius 2 is 0.933 bits per heavy atom. The van der Waals surface area contributed by atoms with Gasteiger partial charge in [-0.25, -0.2) is 16.8 Å². The van der Waals surface area contributed by atoms with E-state index in [0.29, 0.717) is 0 Å². The van der Waals surface area contributed by atoms with Crippen molar-refractivity contribution in [3.05, 3.63) is 23.0 Å². The second-order valence-corrected chi connectivity index (χ2v) is 5.52. The summed E-state index contributed by atoms with van der Waals surface area (Å²) in [4.78, 5) is -0.681. The second-order valence-electron chi connectivity index (χ2n) is 2.31. The van der Waals surface area contributed by atoms with E-state index in [9.17, 15) is 25.9 Å². The Morgan fingerprint density at radius 1 is 0.867 bits per heavy atom. The molecule has 0 N–H and O–H groups in total. The van der Waals surface area contributed by atoms with Gasteiger partial charge in [-0.3, -0.25) is 0 Å². The first kappa shape index (κ1) is 20.5. The first-order valence-electron chi connectivity index (χ1n) is 3.12. The van der Waals surface area contributed by atoms with Crippen LogP contribution in [0, 0.1) is 0 Å². The van der Waals surface area contributed by atoms with E-state index in [1.165, 1.54) is 0 Å². The van der Waals surface area contributed by atoms with Crippen molar-refractivity contribution in [1.29, 1.82) is 0 Å². The maximum absolute atomic E-state index is 9.68. The van der Waals surface area contributed by atoms with Crippen LogP contribution >= 0.6 is 0 Å². The maximum atomic E-state index is 9.68. The molecule has 0 amide bonds. The van der Waals surface area contributed by atoms with Crippen LogP contribution in [-0.2, 0) is 20.2 Å². The summed E-state index contributed by atoms with van der Waals surface area (Å²) in [6.45, 7) is 8.16. The normalized spacial score (nSPS) is 10.4. The molecule has 0 aliphatic carbocycles. The summed E-state index contributed by atoms with van der Waals surface area (Å²) < 4.78 is 58.1. The molecule has 0 heterocycles. The molecule has 0 radical (unpaired) electrons. The van der Waals surface area contributed by atoms with E-state index in [2.05, 4.69) is 13.2 Å². The van der Waals surface area contributed by atoms with E-state index in [1.807, 2.05) is 0 Å². The minimum Gasteiger partial charge on any atom is -0.744 e. The fourth-order valence-corrected chi connectivity index (χ4v) is 0. The molecule has 15 heavy (non-hydrogen) atoms. The van der Waals surface area contributed by atoms with Crippen molar-refractivity contribution in [3.63, 3.8) is 0 Å². The molecule has 84 valence electrons. The molecule has 6 nitrogen and oxygen atoms in total. The summed E-state index contributed by atoms with van der Waals surface area (Å²) in [7, 11) is -8.37. The topological polar surface area (TPSA) is 114 Å². The van der Waals surface area contributed by atoms with Gasteiger partial charge in [-0.05, 0) is 13.8 Å². The Morgan fingerprint density at radius 3 is 0.933 bits per heavy atom. The molecular formula is C6H10MgO6S2. The van der Waals surface area contributed by atoms with Gasteiger partial charge in [0.2, 0.25) is 0 Å². The monoisotopic (exact) mass is 266 g/mol. The van der Waals surface area contributed by atoms with Crippen LogP contribution in [0.25, 0.3) is 0 Å². The van der Waals surface area contributed by atoms with Crippen molar-refractivity contribution in [3.8, 4) is 0 Å². The first-order chi connectivity index (χ1) is 5.89. The van der Waals surface area contributed by atoms with Gasteiger partial charge in [-0.1, -0.05) is 13.2 Å². The van der Waals surface area contributed by atoms with Gasteiger partial charge in [0, 0.05) is 9.81 Å². The number of hydrogen-bond donors (Lipinski definition) is 0. The third kappa shape index (κ3) is 14.1. The van der Waals surface area contributed by atoms with Gasteiger partial charge < -0.3 is 9.11 Å². The number of hydrogen-bond acceptors (Lipinski definition) is 6. The zero-order valence-electron chi connectivity index (χ0n) is 8.39. The maximum Gasteiger partial charge on any atom is 2.00 e. The van der Waals surface area contributed by atoms with Gasteiger partial charge >= 0.3 is 23.1 Å². The summed E-state index contributed by atoms with van der Waals surface area (Å²) in [5, 5.41) is 0. The van der Waals surface area contributed by atoms with Crippen LogP contribution in [0.1, 0.15) is 13.8 Å². The summed E-state index contributed by atoms with van der Waals surface area (Å²) in [6, 6.07) is 0. The summed E-state index contributed by atoms with van der Waals surface area (Å²) in [5.74, 6) is 0. The Bertz CT molecular complexity index is 377. The zero-order valence-corrected chi connectivity index (χ0v) is 11.4. The van der Waals surface area contributed by atoms with E-state index in [-0.39, 0.29) is 32.9 Å². The van der Waals surface area contributed by atoms with Crippen LogP contribution in [0.15, 0.2) is 23.0 Å². The molecule has 0 aliphatic rings. The molecule has 0 unspecified atom stereocenters. The van der Waals surface area contributed by atoms with Crippen molar-refractivity contribution < 1.29 is 25.9 Å². The molecular weight excluding hydrogens is 256 g/mol. The van der Waals surface area contributed by atoms with E-state index in [4.69, 9.17) is 0 Å². The van der Waals surface area contributed by atoms with E-state index < -0.39 is 20.2 Å². The average Bonchev–Trinajstić information content (AvgIpc) is 1.83. The second kappa shape index (κ2) is 7.36. The van der Waals surface area contributed by atoms with Crippen LogP contribution in [-0.4, -0.2) is 49.0 Å². The van der Waals surface area contributed by atoms with Crippen LogP contribution in [0.4, 0.5) is 0 Å². The Balaban J connectivity index is -0.000000180. The van der Waals surface area contributed by atoms with Crippen molar-refractivity contribution in [2.24, 2.45) is 0 Å². The van der Waals surface area contributed by atoms with Crippen molar-refractivity contribution in [2.75, 3.05) is 0 Å². The zero-order chi connectivity index (χ0) is 12.2. The van der Waals surface area contributed by atoms with Crippen LogP contribution in [0.5, 0.6) is 0 Å². The molecule has 0 rings (SSSR count). The van der Waals surface area contributed by atoms with Crippen molar-refractivity contribution in [1.82, 2.24) is 0 Å². The van der Waals surface area contributed by atoms with E-state index in [0.717, 1.165) is 13.8 Å². The minimum atomic E-state index is -4.19. The molecule has 0 aromatic rings. The first-order valence-corrected chi connectivity index (χ1v) is 5.93. The molecule has 0 aromatic heterocycles. The Labute approximate surface area is 106 Å². The van der Waals surface area contributed by atoms with Gasteiger partial charge in [0.1, 0.15) is 20.2 Å². The number of rotatable bonds is 2. The molecule has 9 heteroatoms. The molecule has 0 atom stereocenters. The fourth-order valence-electron chi connectivity index (χ4n) is 0. The Kier molecular flexibility index (Phi) is 10.0. The van der Waals surface area contributed by atoms with Crippen LogP contribution < -0.4 is 0 Å². The molecule has 0 spiro atoms. The SMILES string of the molecule is C=C(C)S(=O)(=O)[O-].C=C(C)S(=O)(=O)[O-].[Mg+2]. The summed E-state index contributed by atoms with van der Waals surface area (Å²) >= 11 is 0. The van der Waals surface area contributed by atoms with Gasteiger partial charge in [-0.15, -0.1) is 0 Å². The summed E-state index contributed by atoms with van der Waals surface area (Å²) in [5.41, 5.74) is 0. The van der Waals surface area contributed by atoms with Gasteiger partial charge in [0.05, 0.1) is 0 Å².